The average molecular weight is 354 g/mol. The van der Waals surface area contributed by atoms with Gasteiger partial charge in [-0.15, -0.1) is 11.3 Å². The molecule has 4 heterocycles. The molecule has 0 radical (unpaired) electrons. The highest BCUT2D eigenvalue weighted by Crippen LogP contribution is 2.33. The van der Waals surface area contributed by atoms with Gasteiger partial charge < -0.3 is 9.88 Å². The molecule has 0 saturated carbocycles. The topological polar surface area (TPSA) is 50.2 Å². The fourth-order valence-corrected chi connectivity index (χ4v) is 4.71. The third-order valence-electron chi connectivity index (χ3n) is 4.91. The number of likely N-dealkylation sites (tertiary alicyclic amines) is 1. The van der Waals surface area contributed by atoms with Crippen molar-refractivity contribution in [1.29, 1.82) is 0 Å². The van der Waals surface area contributed by atoms with E-state index in [4.69, 9.17) is 0 Å². The number of hydrogen-bond acceptors (Lipinski definition) is 4. The van der Waals surface area contributed by atoms with E-state index in [0.29, 0.717) is 12.6 Å². The van der Waals surface area contributed by atoms with Gasteiger partial charge in [0.15, 0.2) is 0 Å². The first-order valence-corrected chi connectivity index (χ1v) is 9.62. The summed E-state index contributed by atoms with van der Waals surface area (Å²) in [5.41, 5.74) is 0.925. The standard InChI is InChI=1S/C19H22N4OS/c1-2-22-12-6-7-14(22)13-21-18(24)17-16(23-10-3-4-11-23)15-8-5-9-20-19(15)25-17/h3-5,8-11,14H,2,6-7,12-13H2,1H3,(H,21,24). The predicted octanol–water partition coefficient (Wildman–Crippen LogP) is 3.30. The number of rotatable bonds is 5. The first kappa shape index (κ1) is 16.3. The molecule has 1 saturated heterocycles. The van der Waals surface area contributed by atoms with E-state index in [1.807, 2.05) is 41.2 Å². The van der Waals surface area contributed by atoms with Gasteiger partial charge in [0.05, 0.1) is 5.69 Å². The lowest BCUT2D eigenvalue weighted by Gasteiger charge is -2.22. The van der Waals surface area contributed by atoms with Crippen LogP contribution < -0.4 is 5.32 Å². The molecule has 3 aromatic rings. The summed E-state index contributed by atoms with van der Waals surface area (Å²) in [5.74, 6) is -0.00495. The number of carbonyl (C=O) groups excluding carboxylic acids is 1. The lowest BCUT2D eigenvalue weighted by atomic mass is 10.2. The van der Waals surface area contributed by atoms with Crippen molar-refractivity contribution in [3.8, 4) is 5.69 Å². The number of aromatic nitrogens is 2. The van der Waals surface area contributed by atoms with E-state index in [0.717, 1.165) is 40.3 Å². The van der Waals surface area contributed by atoms with E-state index < -0.39 is 0 Å². The number of nitrogens with zero attached hydrogens (tertiary/aromatic N) is 3. The number of fused-ring (bicyclic) bond motifs is 1. The maximum atomic E-state index is 12.9. The predicted molar refractivity (Wildman–Crippen MR) is 102 cm³/mol. The molecule has 1 N–H and O–H groups in total. The van der Waals surface area contributed by atoms with Crippen LogP contribution in [0.1, 0.15) is 29.4 Å². The minimum atomic E-state index is -0.00495. The number of carbonyl (C=O) groups is 1. The zero-order chi connectivity index (χ0) is 17.2. The zero-order valence-corrected chi connectivity index (χ0v) is 15.1. The van der Waals surface area contributed by atoms with Crippen molar-refractivity contribution in [2.24, 2.45) is 0 Å². The Balaban J connectivity index is 1.62. The third-order valence-corrected chi connectivity index (χ3v) is 6.01. The molecule has 4 rings (SSSR count). The molecule has 0 aliphatic carbocycles. The molecule has 25 heavy (non-hydrogen) atoms. The number of likely N-dealkylation sites (N-methyl/N-ethyl adjacent to an activating group) is 1. The Morgan fingerprint density at radius 2 is 2.20 bits per heavy atom. The van der Waals surface area contributed by atoms with Crippen molar-refractivity contribution in [3.05, 3.63) is 47.7 Å². The summed E-state index contributed by atoms with van der Waals surface area (Å²) in [7, 11) is 0. The third kappa shape index (κ3) is 3.07. The first-order valence-electron chi connectivity index (χ1n) is 8.81. The van der Waals surface area contributed by atoms with Gasteiger partial charge in [-0.25, -0.2) is 4.98 Å². The maximum absolute atomic E-state index is 12.9. The van der Waals surface area contributed by atoms with Crippen LogP contribution in [0.5, 0.6) is 0 Å². The fraction of sp³-hybridized carbons (Fsp3) is 0.368. The Bertz CT molecular complexity index is 871. The number of hydrogen-bond donors (Lipinski definition) is 1. The Labute approximate surface area is 151 Å². The van der Waals surface area contributed by atoms with Crippen LogP contribution in [0.15, 0.2) is 42.9 Å². The second kappa shape index (κ2) is 6.98. The summed E-state index contributed by atoms with van der Waals surface area (Å²) >= 11 is 1.46. The summed E-state index contributed by atoms with van der Waals surface area (Å²) in [6.45, 7) is 5.07. The van der Waals surface area contributed by atoms with Crippen molar-refractivity contribution in [1.82, 2.24) is 19.8 Å². The molecule has 130 valence electrons. The lowest BCUT2D eigenvalue weighted by Crippen LogP contribution is -2.40. The Kier molecular flexibility index (Phi) is 4.55. The van der Waals surface area contributed by atoms with Gasteiger partial charge in [0.2, 0.25) is 0 Å². The van der Waals surface area contributed by atoms with E-state index >= 15 is 0 Å². The van der Waals surface area contributed by atoms with Crippen molar-refractivity contribution in [2.45, 2.75) is 25.8 Å². The van der Waals surface area contributed by atoms with Crippen LogP contribution in [0.4, 0.5) is 0 Å². The second-order valence-electron chi connectivity index (χ2n) is 6.36. The van der Waals surface area contributed by atoms with Crippen LogP contribution in [0, 0.1) is 0 Å². The van der Waals surface area contributed by atoms with Gasteiger partial charge in [-0.2, -0.15) is 0 Å². The molecule has 1 fully saturated rings. The van der Waals surface area contributed by atoms with Crippen molar-refractivity contribution < 1.29 is 4.79 Å². The molecule has 1 aliphatic rings. The van der Waals surface area contributed by atoms with Crippen LogP contribution in [-0.2, 0) is 0 Å². The lowest BCUT2D eigenvalue weighted by molar-refractivity contribution is 0.0945. The fourth-order valence-electron chi connectivity index (χ4n) is 3.65. The second-order valence-corrected chi connectivity index (χ2v) is 7.36. The minimum Gasteiger partial charge on any atom is -0.350 e. The Hall–Kier alpha value is -2.18. The van der Waals surface area contributed by atoms with Crippen molar-refractivity contribution >= 4 is 27.5 Å². The van der Waals surface area contributed by atoms with Crippen molar-refractivity contribution in [2.75, 3.05) is 19.6 Å². The average Bonchev–Trinajstić information content (AvgIpc) is 3.37. The van der Waals surface area contributed by atoms with E-state index in [9.17, 15) is 4.79 Å². The quantitative estimate of drug-likeness (QED) is 0.765. The van der Waals surface area contributed by atoms with Gasteiger partial charge in [-0.1, -0.05) is 6.92 Å². The van der Waals surface area contributed by atoms with Crippen LogP contribution in [-0.4, -0.2) is 46.0 Å². The van der Waals surface area contributed by atoms with Gasteiger partial charge >= 0.3 is 0 Å². The molecule has 0 bridgehead atoms. The first-order chi connectivity index (χ1) is 12.3. The molecule has 0 spiro atoms. The number of nitrogens with one attached hydrogen (secondary N) is 1. The highest BCUT2D eigenvalue weighted by Gasteiger charge is 2.25. The normalized spacial score (nSPS) is 18.0. The molecular weight excluding hydrogens is 332 g/mol. The summed E-state index contributed by atoms with van der Waals surface area (Å²) in [6, 6.07) is 8.34. The molecule has 1 unspecified atom stereocenters. The molecule has 1 amide bonds. The molecule has 5 nitrogen and oxygen atoms in total. The summed E-state index contributed by atoms with van der Waals surface area (Å²) < 4.78 is 2.00. The van der Waals surface area contributed by atoms with Crippen molar-refractivity contribution in [3.63, 3.8) is 0 Å². The molecule has 0 aromatic carbocycles. The molecular formula is C19H22N4OS. The molecule has 6 heteroatoms. The van der Waals surface area contributed by atoms with Crippen LogP contribution in [0.2, 0.25) is 0 Å². The van der Waals surface area contributed by atoms with Crippen LogP contribution >= 0.6 is 11.3 Å². The summed E-state index contributed by atoms with van der Waals surface area (Å²) in [6.07, 6.45) is 8.10. The minimum absolute atomic E-state index is 0.00495. The monoisotopic (exact) mass is 354 g/mol. The Morgan fingerprint density at radius 1 is 1.36 bits per heavy atom. The molecule has 3 aromatic heterocycles. The zero-order valence-electron chi connectivity index (χ0n) is 14.3. The van der Waals surface area contributed by atoms with E-state index in [-0.39, 0.29) is 5.91 Å². The summed E-state index contributed by atoms with van der Waals surface area (Å²) in [5, 5.41) is 4.18. The smallest absolute Gasteiger partial charge is 0.263 e. The summed E-state index contributed by atoms with van der Waals surface area (Å²) in [4.78, 5) is 21.4. The van der Waals surface area contributed by atoms with E-state index in [1.54, 1.807) is 6.20 Å². The van der Waals surface area contributed by atoms with E-state index in [1.165, 1.54) is 17.8 Å². The van der Waals surface area contributed by atoms with Gasteiger partial charge in [0.1, 0.15) is 9.71 Å². The highest BCUT2D eigenvalue weighted by molar-refractivity contribution is 7.21. The number of thiophene rings is 1. The van der Waals surface area contributed by atoms with Gasteiger partial charge in [-0.05, 0) is 50.2 Å². The van der Waals surface area contributed by atoms with Gasteiger partial charge in [0, 0.05) is 36.6 Å². The number of amides is 1. The van der Waals surface area contributed by atoms with Crippen LogP contribution in [0.3, 0.4) is 0 Å². The molecule has 1 aliphatic heterocycles. The van der Waals surface area contributed by atoms with Gasteiger partial charge in [0.25, 0.3) is 5.91 Å². The number of pyridine rings is 1. The largest absolute Gasteiger partial charge is 0.350 e. The Morgan fingerprint density at radius 3 is 3.00 bits per heavy atom. The van der Waals surface area contributed by atoms with E-state index in [2.05, 4.69) is 22.1 Å². The maximum Gasteiger partial charge on any atom is 0.263 e. The SMILES string of the molecule is CCN1CCCC1CNC(=O)c1sc2ncccc2c1-n1cccc1. The molecule has 1 atom stereocenters. The highest BCUT2D eigenvalue weighted by atomic mass is 32.1. The van der Waals surface area contributed by atoms with Gasteiger partial charge in [-0.3, -0.25) is 9.69 Å². The van der Waals surface area contributed by atoms with Crippen LogP contribution in [0.25, 0.3) is 15.9 Å².